The quantitative estimate of drug-likeness (QED) is 0.684. The highest BCUT2D eigenvalue weighted by molar-refractivity contribution is 6.42. The molecule has 4 heteroatoms. The summed E-state index contributed by atoms with van der Waals surface area (Å²) in [5.74, 6) is 0.749. The van der Waals surface area contributed by atoms with Gasteiger partial charge in [0.2, 0.25) is 0 Å². The highest BCUT2D eigenvalue weighted by atomic mass is 35.5. The van der Waals surface area contributed by atoms with Crippen LogP contribution in [0, 0.1) is 5.92 Å². The fourth-order valence-corrected chi connectivity index (χ4v) is 2.78. The molecule has 0 spiro atoms. The normalized spacial score (nSPS) is 13.1. The lowest BCUT2D eigenvalue weighted by molar-refractivity contribution is 0.290. The number of nitrogens with one attached hydrogen (secondary N) is 1. The van der Waals surface area contributed by atoms with Gasteiger partial charge in [-0.05, 0) is 57.1 Å². The van der Waals surface area contributed by atoms with Crippen LogP contribution in [-0.2, 0) is 0 Å². The molecule has 1 atom stereocenters. The standard InChI is InChI=1S/C17H28Cl2N2/c1-5-20-16(10-12-21(4)11-9-13(2)3)14-7-6-8-15(18)17(14)19/h6-8,13,16,20H,5,9-12H2,1-4H3. The highest BCUT2D eigenvalue weighted by Gasteiger charge is 2.16. The minimum Gasteiger partial charge on any atom is -0.310 e. The van der Waals surface area contributed by atoms with Gasteiger partial charge in [0.1, 0.15) is 0 Å². The molecule has 0 aliphatic carbocycles. The molecule has 120 valence electrons. The number of benzene rings is 1. The maximum Gasteiger partial charge on any atom is 0.0640 e. The molecule has 0 saturated carbocycles. The second kappa shape index (κ2) is 9.68. The summed E-state index contributed by atoms with van der Waals surface area (Å²) in [7, 11) is 2.19. The van der Waals surface area contributed by atoms with Crippen LogP contribution in [0.2, 0.25) is 10.0 Å². The van der Waals surface area contributed by atoms with Crippen molar-refractivity contribution < 1.29 is 0 Å². The van der Waals surface area contributed by atoms with Crippen LogP contribution in [0.25, 0.3) is 0 Å². The molecule has 1 rings (SSSR count). The zero-order valence-corrected chi connectivity index (χ0v) is 15.1. The van der Waals surface area contributed by atoms with Crippen LogP contribution in [0.5, 0.6) is 0 Å². The summed E-state index contributed by atoms with van der Waals surface area (Å²) >= 11 is 12.5. The van der Waals surface area contributed by atoms with E-state index in [2.05, 4.69) is 44.1 Å². The summed E-state index contributed by atoms with van der Waals surface area (Å²) in [5, 5.41) is 4.82. The fraction of sp³-hybridized carbons (Fsp3) is 0.647. The van der Waals surface area contributed by atoms with Gasteiger partial charge in [-0.1, -0.05) is 56.1 Å². The lowest BCUT2D eigenvalue weighted by atomic mass is 10.0. The number of hydrogen-bond donors (Lipinski definition) is 1. The summed E-state index contributed by atoms with van der Waals surface area (Å²) in [6, 6.07) is 6.12. The molecule has 21 heavy (non-hydrogen) atoms. The molecule has 0 heterocycles. The van der Waals surface area contributed by atoms with Gasteiger partial charge in [-0.2, -0.15) is 0 Å². The Hall–Kier alpha value is -0.280. The highest BCUT2D eigenvalue weighted by Crippen LogP contribution is 2.31. The molecule has 1 aromatic rings. The van der Waals surface area contributed by atoms with Gasteiger partial charge < -0.3 is 10.2 Å². The SMILES string of the molecule is CCNC(CCN(C)CCC(C)C)c1cccc(Cl)c1Cl. The van der Waals surface area contributed by atoms with Crippen molar-refractivity contribution in [2.75, 3.05) is 26.7 Å². The van der Waals surface area contributed by atoms with Crippen LogP contribution < -0.4 is 5.32 Å². The molecule has 0 amide bonds. The molecule has 0 saturated heterocycles. The average molecular weight is 331 g/mol. The van der Waals surface area contributed by atoms with Crippen LogP contribution in [0.3, 0.4) is 0 Å². The van der Waals surface area contributed by atoms with Gasteiger partial charge in [-0.3, -0.25) is 0 Å². The second-order valence-electron chi connectivity index (χ2n) is 6.03. The molecule has 0 bridgehead atoms. The largest absolute Gasteiger partial charge is 0.310 e. The van der Waals surface area contributed by atoms with Crippen molar-refractivity contribution in [2.45, 2.75) is 39.7 Å². The van der Waals surface area contributed by atoms with E-state index in [-0.39, 0.29) is 6.04 Å². The van der Waals surface area contributed by atoms with Crippen molar-refractivity contribution in [1.29, 1.82) is 0 Å². The van der Waals surface area contributed by atoms with E-state index in [1.54, 1.807) is 0 Å². The van der Waals surface area contributed by atoms with Gasteiger partial charge in [0.05, 0.1) is 10.0 Å². The summed E-state index contributed by atoms with van der Waals surface area (Å²) < 4.78 is 0. The second-order valence-corrected chi connectivity index (χ2v) is 6.81. The van der Waals surface area contributed by atoms with Gasteiger partial charge in [0.15, 0.2) is 0 Å². The first-order valence-electron chi connectivity index (χ1n) is 7.81. The predicted octanol–water partition coefficient (Wildman–Crippen LogP) is 5.01. The monoisotopic (exact) mass is 330 g/mol. The Labute approximate surface area is 139 Å². The summed E-state index contributed by atoms with van der Waals surface area (Å²) in [4.78, 5) is 2.39. The van der Waals surface area contributed by atoms with Crippen molar-refractivity contribution >= 4 is 23.2 Å². The lowest BCUT2D eigenvalue weighted by Crippen LogP contribution is -2.28. The molecule has 1 aromatic carbocycles. The number of rotatable bonds is 9. The first kappa shape index (κ1) is 18.8. The average Bonchev–Trinajstić information content (AvgIpc) is 2.44. The molecule has 1 unspecified atom stereocenters. The maximum atomic E-state index is 6.36. The minimum atomic E-state index is 0.252. The van der Waals surface area contributed by atoms with Gasteiger partial charge >= 0.3 is 0 Å². The maximum absolute atomic E-state index is 6.36. The van der Waals surface area contributed by atoms with Gasteiger partial charge in [0, 0.05) is 6.04 Å². The van der Waals surface area contributed by atoms with Gasteiger partial charge in [-0.15, -0.1) is 0 Å². The number of hydrogen-bond acceptors (Lipinski definition) is 2. The topological polar surface area (TPSA) is 15.3 Å². The van der Waals surface area contributed by atoms with E-state index in [4.69, 9.17) is 23.2 Å². The molecule has 1 N–H and O–H groups in total. The van der Waals surface area contributed by atoms with Crippen LogP contribution in [0.15, 0.2) is 18.2 Å². The molecule has 0 radical (unpaired) electrons. The van der Waals surface area contributed by atoms with Crippen LogP contribution in [0.1, 0.15) is 45.2 Å². The van der Waals surface area contributed by atoms with Gasteiger partial charge in [0.25, 0.3) is 0 Å². The van der Waals surface area contributed by atoms with E-state index in [0.717, 1.165) is 37.5 Å². The van der Waals surface area contributed by atoms with E-state index < -0.39 is 0 Å². The van der Waals surface area contributed by atoms with E-state index in [9.17, 15) is 0 Å². The first-order valence-corrected chi connectivity index (χ1v) is 8.57. The van der Waals surface area contributed by atoms with Gasteiger partial charge in [-0.25, -0.2) is 0 Å². The third-order valence-corrected chi connectivity index (χ3v) is 4.53. The van der Waals surface area contributed by atoms with Crippen LogP contribution in [-0.4, -0.2) is 31.6 Å². The molecular formula is C17H28Cl2N2. The first-order chi connectivity index (χ1) is 9.95. The Kier molecular flexibility index (Phi) is 8.65. The van der Waals surface area contributed by atoms with Crippen molar-refractivity contribution in [3.63, 3.8) is 0 Å². The van der Waals surface area contributed by atoms with Crippen molar-refractivity contribution in [3.05, 3.63) is 33.8 Å². The Morgan fingerprint density at radius 2 is 1.81 bits per heavy atom. The summed E-state index contributed by atoms with van der Waals surface area (Å²) in [6.07, 6.45) is 2.27. The van der Waals surface area contributed by atoms with E-state index in [1.807, 2.05) is 12.1 Å². The molecule has 2 nitrogen and oxygen atoms in total. The number of halogens is 2. The Bertz CT molecular complexity index is 421. The lowest BCUT2D eigenvalue weighted by Gasteiger charge is -2.24. The summed E-state index contributed by atoms with van der Waals surface area (Å²) in [6.45, 7) is 9.76. The van der Waals surface area contributed by atoms with Crippen LogP contribution >= 0.6 is 23.2 Å². The molecule has 0 aliphatic heterocycles. The minimum absolute atomic E-state index is 0.252. The van der Waals surface area contributed by atoms with E-state index in [0.29, 0.717) is 10.0 Å². The molecule has 0 aliphatic rings. The Balaban J connectivity index is 2.63. The Morgan fingerprint density at radius 1 is 1.14 bits per heavy atom. The van der Waals surface area contributed by atoms with E-state index in [1.165, 1.54) is 6.42 Å². The predicted molar refractivity (Wildman–Crippen MR) is 94.4 cm³/mol. The third-order valence-electron chi connectivity index (χ3n) is 3.70. The van der Waals surface area contributed by atoms with Crippen molar-refractivity contribution in [1.82, 2.24) is 10.2 Å². The Morgan fingerprint density at radius 3 is 2.43 bits per heavy atom. The van der Waals surface area contributed by atoms with Crippen LogP contribution in [0.4, 0.5) is 0 Å². The third kappa shape index (κ3) is 6.56. The van der Waals surface area contributed by atoms with Crippen molar-refractivity contribution in [3.8, 4) is 0 Å². The summed E-state index contributed by atoms with van der Waals surface area (Å²) in [5.41, 5.74) is 1.10. The van der Waals surface area contributed by atoms with E-state index >= 15 is 0 Å². The number of nitrogens with zero attached hydrogens (tertiary/aromatic N) is 1. The van der Waals surface area contributed by atoms with Crippen molar-refractivity contribution in [2.24, 2.45) is 5.92 Å². The fourth-order valence-electron chi connectivity index (χ4n) is 2.34. The molecule has 0 fully saturated rings. The molecule has 0 aromatic heterocycles. The zero-order chi connectivity index (χ0) is 15.8. The zero-order valence-electron chi connectivity index (χ0n) is 13.6. The smallest absolute Gasteiger partial charge is 0.0640 e. The molecular weight excluding hydrogens is 303 g/mol.